The minimum absolute atomic E-state index is 0.0996. The minimum Gasteiger partial charge on any atom is -0.457 e. The van der Waals surface area contributed by atoms with Gasteiger partial charge in [0.25, 0.3) is 0 Å². The second-order valence-electron chi connectivity index (χ2n) is 5.29. The van der Waals surface area contributed by atoms with Crippen LogP contribution in [0.3, 0.4) is 0 Å². The molecule has 0 aliphatic carbocycles. The molecule has 3 aromatic rings. The van der Waals surface area contributed by atoms with Gasteiger partial charge in [0.15, 0.2) is 0 Å². The molecule has 0 aliphatic heterocycles. The van der Waals surface area contributed by atoms with Crippen LogP contribution in [0.5, 0.6) is 0 Å². The first kappa shape index (κ1) is 16.7. The van der Waals surface area contributed by atoms with Crippen molar-refractivity contribution in [1.82, 2.24) is 4.98 Å². The number of para-hydroxylation sites is 1. The third-order valence-electron chi connectivity index (χ3n) is 3.56. The molecule has 0 saturated carbocycles. The van der Waals surface area contributed by atoms with Gasteiger partial charge in [-0.3, -0.25) is 0 Å². The zero-order valence-electron chi connectivity index (χ0n) is 13.1. The lowest BCUT2D eigenvalue weighted by molar-refractivity contribution is -0.139. The Balaban J connectivity index is 1.83. The van der Waals surface area contributed by atoms with Gasteiger partial charge in [-0.1, -0.05) is 60.1 Å². The van der Waals surface area contributed by atoms with Gasteiger partial charge in [0, 0.05) is 10.9 Å². The molecule has 0 radical (unpaired) electrons. The fourth-order valence-electron chi connectivity index (χ4n) is 2.30. The molecule has 0 N–H and O–H groups in total. The highest BCUT2D eigenvalue weighted by Crippen LogP contribution is 2.23. The Morgan fingerprint density at radius 1 is 1.16 bits per heavy atom. The number of hydrogen-bond acceptors (Lipinski definition) is 4. The average molecular weight is 349 g/mol. The molecule has 0 aliphatic rings. The van der Waals surface area contributed by atoms with Crippen LogP contribution >= 0.6 is 11.6 Å². The number of ether oxygens (including phenoxy) is 1. The Bertz CT molecular complexity index is 991. The first-order valence-corrected chi connectivity index (χ1v) is 7.93. The van der Waals surface area contributed by atoms with Gasteiger partial charge < -0.3 is 4.74 Å². The lowest BCUT2D eigenvalue weighted by Gasteiger charge is -2.05. The van der Waals surface area contributed by atoms with Crippen LogP contribution in [-0.2, 0) is 16.1 Å². The number of hydrogen-bond donors (Lipinski definition) is 0. The van der Waals surface area contributed by atoms with E-state index in [1.807, 2.05) is 60.7 Å². The number of benzene rings is 2. The van der Waals surface area contributed by atoms with Crippen molar-refractivity contribution in [2.45, 2.75) is 6.61 Å². The number of carbonyl (C=O) groups is 1. The summed E-state index contributed by atoms with van der Waals surface area (Å²) in [7, 11) is 0. The van der Waals surface area contributed by atoms with E-state index in [0.29, 0.717) is 5.56 Å². The molecule has 25 heavy (non-hydrogen) atoms. The lowest BCUT2D eigenvalue weighted by Crippen LogP contribution is -2.07. The summed E-state index contributed by atoms with van der Waals surface area (Å²) in [5.74, 6) is -0.699. The largest absolute Gasteiger partial charge is 0.457 e. The third kappa shape index (κ3) is 4.03. The monoisotopic (exact) mass is 348 g/mol. The van der Waals surface area contributed by atoms with E-state index >= 15 is 0 Å². The van der Waals surface area contributed by atoms with Crippen LogP contribution in [0.4, 0.5) is 0 Å². The summed E-state index contributed by atoms with van der Waals surface area (Å²) >= 11 is 6.16. The number of rotatable bonds is 4. The van der Waals surface area contributed by atoms with Crippen LogP contribution in [0.15, 0.2) is 66.2 Å². The van der Waals surface area contributed by atoms with E-state index in [4.69, 9.17) is 16.3 Å². The normalized spacial score (nSPS) is 11.1. The van der Waals surface area contributed by atoms with E-state index in [9.17, 15) is 10.1 Å². The summed E-state index contributed by atoms with van der Waals surface area (Å²) in [6, 6.07) is 20.4. The number of nitrogens with zero attached hydrogens (tertiary/aromatic N) is 2. The number of nitriles is 1. The summed E-state index contributed by atoms with van der Waals surface area (Å²) in [6.07, 6.45) is 1.40. The van der Waals surface area contributed by atoms with Crippen molar-refractivity contribution in [2.24, 2.45) is 0 Å². The van der Waals surface area contributed by atoms with E-state index in [-0.39, 0.29) is 17.3 Å². The van der Waals surface area contributed by atoms with E-state index in [2.05, 4.69) is 4.98 Å². The predicted molar refractivity (Wildman–Crippen MR) is 96.6 cm³/mol. The van der Waals surface area contributed by atoms with E-state index in [1.165, 1.54) is 6.08 Å². The molecule has 0 atom stereocenters. The topological polar surface area (TPSA) is 63.0 Å². The van der Waals surface area contributed by atoms with Gasteiger partial charge in [0.2, 0.25) is 0 Å². The highest BCUT2D eigenvalue weighted by atomic mass is 35.5. The second-order valence-corrected chi connectivity index (χ2v) is 5.65. The molecule has 0 spiro atoms. The first-order valence-electron chi connectivity index (χ1n) is 7.55. The molecule has 1 heterocycles. The van der Waals surface area contributed by atoms with Gasteiger partial charge in [0.05, 0.1) is 5.52 Å². The van der Waals surface area contributed by atoms with Crippen molar-refractivity contribution in [3.63, 3.8) is 0 Å². The molecular formula is C20H13ClN2O2. The first-order chi connectivity index (χ1) is 12.2. The highest BCUT2D eigenvalue weighted by Gasteiger charge is 2.13. The van der Waals surface area contributed by atoms with E-state index in [1.54, 1.807) is 6.07 Å². The number of aromatic nitrogens is 1. The standard InChI is InChI=1S/C20H13ClN2O2/c21-19-16(10-15-8-4-5-9-18(15)23-19)11-17(12-22)20(24)25-13-14-6-2-1-3-7-14/h1-11H,13H2/b17-11-. The Hall–Kier alpha value is -3.16. The number of halogens is 1. The maximum absolute atomic E-state index is 12.2. The van der Waals surface area contributed by atoms with Crippen LogP contribution in [0.2, 0.25) is 5.15 Å². The Morgan fingerprint density at radius 3 is 2.64 bits per heavy atom. The smallest absolute Gasteiger partial charge is 0.349 e. The lowest BCUT2D eigenvalue weighted by atomic mass is 10.1. The molecule has 1 aromatic heterocycles. The molecule has 4 nitrogen and oxygen atoms in total. The summed E-state index contributed by atoms with van der Waals surface area (Å²) in [6.45, 7) is 0.0996. The minimum atomic E-state index is -0.699. The van der Waals surface area contributed by atoms with E-state index < -0.39 is 5.97 Å². The molecule has 0 unspecified atom stereocenters. The summed E-state index contributed by atoms with van der Waals surface area (Å²) < 4.78 is 5.19. The van der Waals surface area contributed by atoms with Gasteiger partial charge in [-0.15, -0.1) is 0 Å². The number of pyridine rings is 1. The van der Waals surface area contributed by atoms with Crippen LogP contribution in [0.1, 0.15) is 11.1 Å². The fourth-order valence-corrected chi connectivity index (χ4v) is 2.50. The van der Waals surface area contributed by atoms with Crippen LogP contribution in [0.25, 0.3) is 17.0 Å². The third-order valence-corrected chi connectivity index (χ3v) is 3.86. The molecule has 2 aromatic carbocycles. The highest BCUT2D eigenvalue weighted by molar-refractivity contribution is 6.31. The van der Waals surface area contributed by atoms with Gasteiger partial charge >= 0.3 is 5.97 Å². The average Bonchev–Trinajstić information content (AvgIpc) is 2.65. The fraction of sp³-hybridized carbons (Fsp3) is 0.0500. The molecule has 0 saturated heterocycles. The van der Waals surface area contributed by atoms with Crippen molar-refractivity contribution in [3.8, 4) is 6.07 Å². The van der Waals surface area contributed by atoms with Crippen molar-refractivity contribution in [3.05, 3.63) is 82.5 Å². The molecule has 122 valence electrons. The van der Waals surface area contributed by atoms with Gasteiger partial charge in [0.1, 0.15) is 23.4 Å². The zero-order valence-corrected chi connectivity index (χ0v) is 13.9. The SMILES string of the molecule is N#C/C(=C/c1cc2ccccc2nc1Cl)C(=O)OCc1ccccc1. The number of esters is 1. The number of carbonyl (C=O) groups excluding carboxylic acids is 1. The quantitative estimate of drug-likeness (QED) is 0.300. The van der Waals surface area contributed by atoms with Crippen LogP contribution in [0, 0.1) is 11.3 Å². The van der Waals surface area contributed by atoms with Gasteiger partial charge in [-0.05, 0) is 23.8 Å². The summed E-state index contributed by atoms with van der Waals surface area (Å²) in [5, 5.41) is 10.4. The Morgan fingerprint density at radius 2 is 1.88 bits per heavy atom. The molecule has 0 amide bonds. The van der Waals surface area contributed by atoms with Crippen molar-refractivity contribution in [2.75, 3.05) is 0 Å². The Kier molecular flexibility index (Phi) is 5.08. The van der Waals surface area contributed by atoms with Crippen molar-refractivity contribution >= 4 is 34.5 Å². The predicted octanol–water partition coefficient (Wildman–Crippen LogP) is 4.54. The maximum Gasteiger partial charge on any atom is 0.349 e. The second kappa shape index (κ2) is 7.61. The van der Waals surface area contributed by atoms with Gasteiger partial charge in [-0.2, -0.15) is 5.26 Å². The van der Waals surface area contributed by atoms with Crippen molar-refractivity contribution in [1.29, 1.82) is 5.26 Å². The van der Waals surface area contributed by atoms with Crippen molar-refractivity contribution < 1.29 is 9.53 Å². The molecule has 5 heteroatoms. The van der Waals surface area contributed by atoms with Gasteiger partial charge in [-0.25, -0.2) is 9.78 Å². The molecular weight excluding hydrogens is 336 g/mol. The maximum atomic E-state index is 12.2. The molecule has 0 bridgehead atoms. The molecule has 0 fully saturated rings. The zero-order chi connectivity index (χ0) is 17.6. The Labute approximate surface area is 149 Å². The van der Waals surface area contributed by atoms with Crippen LogP contribution < -0.4 is 0 Å². The van der Waals surface area contributed by atoms with E-state index in [0.717, 1.165) is 16.5 Å². The molecule has 3 rings (SSSR count). The summed E-state index contributed by atoms with van der Waals surface area (Å²) in [4.78, 5) is 16.4. The van der Waals surface area contributed by atoms with Crippen LogP contribution in [-0.4, -0.2) is 11.0 Å². The summed E-state index contributed by atoms with van der Waals surface area (Å²) in [5.41, 5.74) is 1.96. The number of fused-ring (bicyclic) bond motifs is 1.